The Morgan fingerprint density at radius 1 is 0.836 bits per heavy atom. The predicted molar refractivity (Wildman–Crippen MR) is 200 cm³/mol. The van der Waals surface area contributed by atoms with Crippen LogP contribution in [0.3, 0.4) is 0 Å². The fourth-order valence-electron chi connectivity index (χ4n) is 5.71. The van der Waals surface area contributed by atoms with E-state index in [9.17, 15) is 37.1 Å². The van der Waals surface area contributed by atoms with Crippen molar-refractivity contribution in [2.75, 3.05) is 0 Å². The zero-order valence-corrected chi connectivity index (χ0v) is 34.3. The zero-order valence-electron chi connectivity index (χ0n) is 29.7. The number of alkyl halides is 4. The van der Waals surface area contributed by atoms with E-state index < -0.39 is 29.8 Å². The minimum Gasteiger partial charge on any atom is -1.00 e. The maximum absolute atomic E-state index is 13.2. The topological polar surface area (TPSA) is 126 Å². The molecule has 0 spiro atoms. The molecule has 3 atom stereocenters. The summed E-state index contributed by atoms with van der Waals surface area (Å²) >= 11 is 1.98. The van der Waals surface area contributed by atoms with Crippen molar-refractivity contribution in [3.63, 3.8) is 0 Å². The monoisotopic (exact) mass is 872 g/mol. The number of aliphatic hydroxyl groups is 1. The third kappa shape index (κ3) is 9.65. The molecule has 0 bridgehead atoms. The van der Waals surface area contributed by atoms with Crippen molar-refractivity contribution in [3.05, 3.63) is 111 Å². The van der Waals surface area contributed by atoms with Crippen LogP contribution in [-0.4, -0.2) is 64.9 Å². The van der Waals surface area contributed by atoms with Crippen LogP contribution in [0.4, 0.5) is 17.6 Å². The van der Waals surface area contributed by atoms with Crippen LogP contribution >= 0.6 is 22.7 Å². The molecule has 286 valence electrons. The van der Waals surface area contributed by atoms with Crippen LogP contribution in [-0.2, 0) is 13.1 Å². The number of ether oxygens (including phenoxy) is 2. The summed E-state index contributed by atoms with van der Waals surface area (Å²) in [6, 6.07) is 16.7. The van der Waals surface area contributed by atoms with Gasteiger partial charge in [0.05, 0.1) is 32.1 Å². The van der Waals surface area contributed by atoms with Gasteiger partial charge in [0.15, 0.2) is 5.78 Å². The van der Waals surface area contributed by atoms with E-state index >= 15 is 0 Å². The van der Waals surface area contributed by atoms with Crippen LogP contribution < -0.4 is 36.2 Å². The van der Waals surface area contributed by atoms with Crippen LogP contribution in [0.25, 0.3) is 20.4 Å². The quantitative estimate of drug-likeness (QED) is 0.0870. The normalized spacial score (nSPS) is 17.7. The van der Waals surface area contributed by atoms with Gasteiger partial charge >= 0.3 is 32.8 Å². The molecule has 0 saturated heterocycles. The van der Waals surface area contributed by atoms with Crippen molar-refractivity contribution in [1.82, 2.24) is 19.1 Å². The summed E-state index contributed by atoms with van der Waals surface area (Å²) in [6.07, 6.45) is 2.00. The van der Waals surface area contributed by atoms with E-state index in [1.807, 2.05) is 0 Å². The number of pyridine rings is 2. The minimum absolute atomic E-state index is 0. The van der Waals surface area contributed by atoms with E-state index in [0.717, 1.165) is 22.7 Å². The number of Topliss-reactive ketones (excluding diaryl/α,β-unsaturated/α-hetero) is 1. The van der Waals surface area contributed by atoms with Gasteiger partial charge in [0.1, 0.15) is 11.5 Å². The summed E-state index contributed by atoms with van der Waals surface area (Å²) in [6.45, 7) is 3.08. The number of thiazole rings is 2. The summed E-state index contributed by atoms with van der Waals surface area (Å²) in [5.41, 5.74) is 2.12. The van der Waals surface area contributed by atoms with Gasteiger partial charge in [-0.25, -0.2) is 27.5 Å². The fraction of sp³-hybridized carbons (Fsp3) is 0.297. The number of hydrogen-bond donors (Lipinski definition) is 1. The molecule has 2 saturated carbocycles. The van der Waals surface area contributed by atoms with E-state index in [2.05, 4.69) is 9.97 Å². The predicted octanol–water partition coefficient (Wildman–Crippen LogP) is 5.14. The molecule has 0 amide bonds. The molecule has 10 nitrogen and oxygen atoms in total. The molecule has 0 aliphatic heterocycles. The number of benzene rings is 2. The Labute approximate surface area is 346 Å². The molecule has 2 fully saturated rings. The molecule has 6 aromatic rings. The first kappa shape index (κ1) is 44.0. The molecular weight excluding hydrogens is 841 g/mol. The van der Waals surface area contributed by atoms with Crippen molar-refractivity contribution in [3.8, 4) is 23.3 Å². The number of ketones is 1. The number of hydrogen-bond acceptors (Lipinski definition) is 10. The van der Waals surface area contributed by atoms with E-state index in [1.165, 1.54) is 22.3 Å². The summed E-state index contributed by atoms with van der Waals surface area (Å²) in [7, 11) is 0. The van der Waals surface area contributed by atoms with Gasteiger partial charge in [-0.1, -0.05) is 22.7 Å². The maximum Gasteiger partial charge on any atom is 2.00 e. The van der Waals surface area contributed by atoms with Crippen molar-refractivity contribution in [2.45, 2.75) is 57.7 Å². The molecule has 2 aromatic carbocycles. The number of nitrogens with zero attached hydrogens (tertiary/aromatic N) is 4. The van der Waals surface area contributed by atoms with E-state index in [-0.39, 0.29) is 101 Å². The van der Waals surface area contributed by atoms with Gasteiger partial charge in [0, 0.05) is 67.9 Å². The van der Waals surface area contributed by atoms with Gasteiger partial charge in [-0.2, -0.15) is 0 Å². The number of halogens is 5. The third-order valence-corrected chi connectivity index (χ3v) is 10.7. The number of aliphatic hydroxyl groups excluding tert-OH is 1. The van der Waals surface area contributed by atoms with Gasteiger partial charge in [-0.15, -0.1) is 0 Å². The Kier molecular flexibility index (Phi) is 13.8. The average Bonchev–Trinajstić information content (AvgIpc) is 3.80. The Morgan fingerprint density at radius 2 is 1.27 bits per heavy atom. The number of aromatic nitrogens is 4. The van der Waals surface area contributed by atoms with Gasteiger partial charge in [0.25, 0.3) is 11.8 Å². The molecule has 2 aliphatic carbocycles. The SMILES string of the molecule is CC(=O)c1cccnc1Oc1ccc2c(c1)sc(=O)n2CC1CC1(F)F.CC(O)c1cccnc1Oc1ccc2c(c1)sc(=O)n2CC1CC1(F)F.[Br-].[CH3-].[Mg+2]. The Balaban J connectivity index is 0.000000232. The van der Waals surface area contributed by atoms with Gasteiger partial charge < -0.3 is 39.0 Å². The van der Waals surface area contributed by atoms with Crippen molar-refractivity contribution >= 4 is 71.9 Å². The largest absolute Gasteiger partial charge is 2.00 e. The number of carbonyl (C=O) groups excluding carboxylic acids is 1. The maximum atomic E-state index is 13.2. The van der Waals surface area contributed by atoms with E-state index in [1.54, 1.807) is 73.8 Å². The molecular formula is C37H33BrF4MgN4O6S2. The first-order chi connectivity index (χ1) is 24.7. The van der Waals surface area contributed by atoms with Crippen LogP contribution in [0.2, 0.25) is 0 Å². The average molecular weight is 874 g/mol. The first-order valence-corrected chi connectivity index (χ1v) is 17.8. The Hall–Kier alpha value is -3.68. The Bertz CT molecular complexity index is 2450. The Morgan fingerprint density at radius 3 is 1.71 bits per heavy atom. The molecule has 4 heterocycles. The summed E-state index contributed by atoms with van der Waals surface area (Å²) < 4.78 is 68.2. The van der Waals surface area contributed by atoms with Crippen molar-refractivity contribution < 1.29 is 53.9 Å². The smallest absolute Gasteiger partial charge is 1.00 e. The van der Waals surface area contributed by atoms with E-state index in [0.29, 0.717) is 43.1 Å². The first-order valence-electron chi connectivity index (χ1n) is 16.2. The molecule has 3 unspecified atom stereocenters. The van der Waals surface area contributed by atoms with Crippen molar-refractivity contribution in [1.29, 1.82) is 0 Å². The van der Waals surface area contributed by atoms with Crippen LogP contribution in [0.15, 0.2) is 82.6 Å². The molecule has 2 aliphatic rings. The number of rotatable bonds is 10. The fourth-order valence-corrected chi connectivity index (χ4v) is 7.57. The summed E-state index contributed by atoms with van der Waals surface area (Å²) in [4.78, 5) is 43.7. The molecule has 0 radical (unpaired) electrons. The summed E-state index contributed by atoms with van der Waals surface area (Å²) in [5, 5.41) is 9.80. The molecule has 1 N–H and O–H groups in total. The zero-order chi connectivity index (χ0) is 36.9. The van der Waals surface area contributed by atoms with Gasteiger partial charge in [-0.3, -0.25) is 23.5 Å². The van der Waals surface area contributed by atoms with Crippen LogP contribution in [0, 0.1) is 19.3 Å². The second kappa shape index (κ2) is 17.2. The van der Waals surface area contributed by atoms with Crippen LogP contribution in [0.1, 0.15) is 48.7 Å². The van der Waals surface area contributed by atoms with Gasteiger partial charge in [0.2, 0.25) is 11.8 Å². The number of carbonyl (C=O) groups is 1. The third-order valence-electron chi connectivity index (χ3n) is 8.83. The van der Waals surface area contributed by atoms with E-state index in [4.69, 9.17) is 9.47 Å². The summed E-state index contributed by atoms with van der Waals surface area (Å²) in [5.74, 6) is -5.69. The van der Waals surface area contributed by atoms with Gasteiger partial charge in [-0.05, 0) is 62.4 Å². The molecule has 55 heavy (non-hydrogen) atoms. The molecule has 18 heteroatoms. The number of fused-ring (bicyclic) bond motifs is 2. The molecule has 4 aromatic heterocycles. The second-order valence-corrected chi connectivity index (χ2v) is 14.7. The van der Waals surface area contributed by atoms with Crippen LogP contribution in [0.5, 0.6) is 23.3 Å². The second-order valence-electron chi connectivity index (χ2n) is 12.7. The standard InChI is InChI=1S/C18H16F2N2O3S.C18H14F2N2O3S.CH3.BrH.Mg/c2*1-10(23)13-3-2-6-21-16(13)25-12-4-5-14-15(7-12)26-17(24)22(14)9-11-8-18(11,19)20;;;/h2-7,10-11,23H,8-9H2,1H3;2-7,11H,8-9H2,1H3;1H3;1H;/q;;-1;;+2/p-1. The van der Waals surface area contributed by atoms with Crippen molar-refractivity contribution in [2.24, 2.45) is 11.8 Å². The minimum atomic E-state index is -2.67. The molecule has 8 rings (SSSR count).